The van der Waals surface area contributed by atoms with Gasteiger partial charge in [-0.25, -0.2) is 0 Å². The Bertz CT molecular complexity index is 3090. The average molecular weight is 719 g/mol. The number of nitrogens with zero attached hydrogens (tertiary/aromatic N) is 3. The lowest BCUT2D eigenvalue weighted by molar-refractivity contribution is 1.05. The first kappa shape index (κ1) is 33.2. The highest BCUT2D eigenvalue weighted by molar-refractivity contribution is 6.12. The predicted octanol–water partition coefficient (Wildman–Crippen LogP) is 13.1. The van der Waals surface area contributed by atoms with Crippen molar-refractivity contribution in [2.45, 2.75) is 0 Å². The fourth-order valence-electron chi connectivity index (χ4n) is 8.13. The van der Waals surface area contributed by atoms with Gasteiger partial charge in [-0.1, -0.05) is 146 Å². The molecule has 0 radical (unpaired) electrons. The van der Waals surface area contributed by atoms with E-state index in [0.717, 1.165) is 39.1 Å². The quantitative estimate of drug-likeness (QED) is 0.156. The van der Waals surface area contributed by atoms with Crippen LogP contribution in [0.1, 0.15) is 5.56 Å². The van der Waals surface area contributed by atoms with Crippen LogP contribution in [0.4, 0.5) is 0 Å². The summed E-state index contributed by atoms with van der Waals surface area (Å²) in [5, 5.41) is 4.88. The van der Waals surface area contributed by atoms with Crippen LogP contribution in [0.25, 0.3) is 82.7 Å². The van der Waals surface area contributed by atoms with Crippen LogP contribution in [0, 0.1) is 0 Å². The van der Waals surface area contributed by atoms with E-state index in [1.165, 1.54) is 54.8 Å². The minimum absolute atomic E-state index is 0.893. The molecule has 0 aliphatic carbocycles. The van der Waals surface area contributed by atoms with Gasteiger partial charge in [0.15, 0.2) is 0 Å². The van der Waals surface area contributed by atoms with Crippen LogP contribution in [-0.2, 0) is 0 Å². The second kappa shape index (κ2) is 14.1. The Morgan fingerprint density at radius 3 is 1.73 bits per heavy atom. The highest BCUT2D eigenvalue weighted by Crippen LogP contribution is 2.37. The van der Waals surface area contributed by atoms with Crippen molar-refractivity contribution in [1.29, 1.82) is 0 Å². The maximum atomic E-state index is 4.69. The summed E-state index contributed by atoms with van der Waals surface area (Å²) >= 11 is 0. The molecule has 2 aromatic heterocycles. The molecule has 10 rings (SSSR count). The van der Waals surface area contributed by atoms with Gasteiger partial charge in [0.05, 0.1) is 27.8 Å². The zero-order chi connectivity index (χ0) is 37.4. The molecule has 10 aromatic rings. The summed E-state index contributed by atoms with van der Waals surface area (Å²) in [4.78, 5) is 4.69. The third-order valence-electron chi connectivity index (χ3n) is 10.9. The first-order valence-electron chi connectivity index (χ1n) is 19.0. The largest absolute Gasteiger partial charge is 0.309 e. The van der Waals surface area contributed by atoms with Gasteiger partial charge in [-0.2, -0.15) is 0 Å². The highest BCUT2D eigenvalue weighted by Gasteiger charge is 2.15. The molecule has 0 saturated carbocycles. The Kier molecular flexibility index (Phi) is 8.34. The number of aliphatic imine (C=N–C) groups is 1. The Morgan fingerprint density at radius 1 is 0.429 bits per heavy atom. The van der Waals surface area contributed by atoms with Crippen LogP contribution < -0.4 is 5.43 Å². The van der Waals surface area contributed by atoms with E-state index in [9.17, 15) is 0 Å². The summed E-state index contributed by atoms with van der Waals surface area (Å²) in [5.74, 6) is 0. The van der Waals surface area contributed by atoms with Crippen LogP contribution >= 0.6 is 0 Å². The lowest BCUT2D eigenvalue weighted by Gasteiger charge is -2.10. The van der Waals surface area contributed by atoms with Gasteiger partial charge in [-0.05, 0) is 88.0 Å². The summed E-state index contributed by atoms with van der Waals surface area (Å²) in [5.41, 5.74) is 18.5. The Balaban J connectivity index is 0.979. The molecule has 0 atom stereocenters. The summed E-state index contributed by atoms with van der Waals surface area (Å²) in [7, 11) is 1.85. The van der Waals surface area contributed by atoms with Crippen molar-refractivity contribution < 1.29 is 0 Å². The monoisotopic (exact) mass is 718 g/mol. The molecular weight excluding hydrogens is 681 g/mol. The van der Waals surface area contributed by atoms with E-state index in [-0.39, 0.29) is 0 Å². The van der Waals surface area contributed by atoms with Gasteiger partial charge in [-0.3, -0.25) is 9.67 Å². The lowest BCUT2D eigenvalue weighted by atomic mass is 9.98. The van der Waals surface area contributed by atoms with Crippen molar-refractivity contribution in [3.05, 3.63) is 212 Å². The Morgan fingerprint density at radius 2 is 0.964 bits per heavy atom. The van der Waals surface area contributed by atoms with Crippen LogP contribution in [0.5, 0.6) is 0 Å². The highest BCUT2D eigenvalue weighted by atomic mass is 15.4. The predicted molar refractivity (Wildman–Crippen MR) is 237 cm³/mol. The third-order valence-corrected chi connectivity index (χ3v) is 10.9. The standard InChI is InChI=1S/C52H38N4/c1-53-48(42-16-12-15-39(33-42)38-25-23-37(24-26-38)36-13-4-2-5-14-36)31-32-54-56-51-22-11-9-19-44(51)46-29-27-41(35-52(46)56)40-28-30-50-47(34-40)45-20-8-10-21-49(45)55(50)43-17-6-3-7-18-43/h2-35,54H,1H3/b32-31-,53-48+. The molecule has 1 N–H and O–H groups in total. The minimum Gasteiger partial charge on any atom is -0.309 e. The second-order valence-electron chi connectivity index (χ2n) is 14.1. The molecule has 4 heteroatoms. The molecular formula is C52H38N4. The van der Waals surface area contributed by atoms with Gasteiger partial charge >= 0.3 is 0 Å². The maximum Gasteiger partial charge on any atom is 0.0715 e. The molecule has 56 heavy (non-hydrogen) atoms. The van der Waals surface area contributed by atoms with E-state index in [4.69, 9.17) is 4.99 Å². The van der Waals surface area contributed by atoms with Crippen molar-refractivity contribution in [3.8, 4) is 39.1 Å². The van der Waals surface area contributed by atoms with E-state index in [0.29, 0.717) is 0 Å². The average Bonchev–Trinajstić information content (AvgIpc) is 3.77. The van der Waals surface area contributed by atoms with Crippen molar-refractivity contribution in [2.24, 2.45) is 4.99 Å². The number of rotatable bonds is 8. The number of hydrogen-bond donors (Lipinski definition) is 1. The summed E-state index contributed by atoms with van der Waals surface area (Å²) in [6.45, 7) is 0. The molecule has 0 spiro atoms. The third kappa shape index (κ3) is 5.85. The number of fused-ring (bicyclic) bond motifs is 6. The molecule has 266 valence electrons. The smallest absolute Gasteiger partial charge is 0.0715 e. The van der Waals surface area contributed by atoms with Crippen molar-refractivity contribution in [2.75, 3.05) is 12.5 Å². The lowest BCUT2D eigenvalue weighted by Crippen LogP contribution is -2.08. The van der Waals surface area contributed by atoms with Gasteiger partial charge in [0, 0.05) is 46.0 Å². The van der Waals surface area contributed by atoms with Gasteiger partial charge < -0.3 is 9.99 Å². The zero-order valence-electron chi connectivity index (χ0n) is 31.0. The molecule has 0 saturated heterocycles. The number of nitrogens with one attached hydrogen (secondary N) is 1. The van der Waals surface area contributed by atoms with E-state index in [1.807, 2.05) is 19.3 Å². The van der Waals surface area contributed by atoms with Gasteiger partial charge in [0.2, 0.25) is 0 Å². The normalized spacial score (nSPS) is 12.1. The molecule has 0 aliphatic heterocycles. The zero-order valence-corrected chi connectivity index (χ0v) is 31.0. The molecule has 0 unspecified atom stereocenters. The summed E-state index contributed by atoms with van der Waals surface area (Å²) < 4.78 is 4.54. The molecule has 8 aromatic carbocycles. The van der Waals surface area contributed by atoms with E-state index >= 15 is 0 Å². The SMILES string of the molecule is C/N=C(\C=C/Nn1c2ccccc2c2ccc(-c3ccc4c(c3)c3ccccc3n4-c3ccccc3)cc21)c1cccc(-c2ccc(-c3ccccc3)cc2)c1. The van der Waals surface area contributed by atoms with Crippen molar-refractivity contribution in [3.63, 3.8) is 0 Å². The van der Waals surface area contributed by atoms with E-state index in [2.05, 4.69) is 209 Å². The molecule has 4 nitrogen and oxygen atoms in total. The van der Waals surface area contributed by atoms with Crippen LogP contribution in [0.3, 0.4) is 0 Å². The Hall–Kier alpha value is -7.43. The van der Waals surface area contributed by atoms with Crippen molar-refractivity contribution in [1.82, 2.24) is 9.24 Å². The van der Waals surface area contributed by atoms with Crippen LogP contribution in [-0.4, -0.2) is 22.0 Å². The minimum atomic E-state index is 0.893. The van der Waals surface area contributed by atoms with Crippen molar-refractivity contribution >= 4 is 49.3 Å². The molecule has 0 aliphatic rings. The summed E-state index contributed by atoms with van der Waals surface area (Å²) in [6, 6.07) is 69.4. The van der Waals surface area contributed by atoms with Crippen LogP contribution in [0.15, 0.2) is 211 Å². The van der Waals surface area contributed by atoms with E-state index < -0.39 is 0 Å². The van der Waals surface area contributed by atoms with Crippen LogP contribution in [0.2, 0.25) is 0 Å². The second-order valence-corrected chi connectivity index (χ2v) is 14.1. The number of para-hydroxylation sites is 3. The van der Waals surface area contributed by atoms with Gasteiger partial charge in [0.25, 0.3) is 0 Å². The molecule has 0 bridgehead atoms. The fraction of sp³-hybridized carbons (Fsp3) is 0.0192. The Labute approximate surface area is 325 Å². The first-order chi connectivity index (χ1) is 27.7. The number of benzene rings is 8. The maximum absolute atomic E-state index is 4.69. The van der Waals surface area contributed by atoms with Gasteiger partial charge in [-0.15, -0.1) is 0 Å². The number of aromatic nitrogens is 2. The molecule has 0 amide bonds. The molecule has 0 fully saturated rings. The molecule has 2 heterocycles. The number of hydrogen-bond acceptors (Lipinski definition) is 2. The van der Waals surface area contributed by atoms with Gasteiger partial charge in [0.1, 0.15) is 0 Å². The first-order valence-corrected chi connectivity index (χ1v) is 19.0. The number of allylic oxidation sites excluding steroid dienone is 1. The fourth-order valence-corrected chi connectivity index (χ4v) is 8.13. The van der Waals surface area contributed by atoms with E-state index in [1.54, 1.807) is 0 Å². The topological polar surface area (TPSA) is 34.2 Å². The summed E-state index contributed by atoms with van der Waals surface area (Å²) in [6.07, 6.45) is 4.05.